The van der Waals surface area contributed by atoms with Gasteiger partial charge in [-0.15, -0.1) is 0 Å². The summed E-state index contributed by atoms with van der Waals surface area (Å²) in [5.41, 5.74) is 10.00. The first-order valence-corrected chi connectivity index (χ1v) is 24.4. The van der Waals surface area contributed by atoms with Gasteiger partial charge in [0.15, 0.2) is 0 Å². The molecule has 0 radical (unpaired) electrons. The zero-order valence-electron chi connectivity index (χ0n) is 18.4. The molecule has 0 aliphatic heterocycles. The zero-order valence-corrected chi connectivity index (χ0v) is 23.1. The van der Waals surface area contributed by atoms with E-state index < -0.39 is 17.4 Å². The standard InChI is InChI=1S/C15H10Cl.C9H13.2CH3.H2Si.Zr/c16-15-8-4-3-7-14(15)13-10-9-11-5-1-2-6-12(11)13;1-6-5-7(2)9(4)8(6)3;;;;/h1-10H;6H,1-4H3;2*1H3;1H2;. The SMILES string of the molecule is CC1=C(C)C(C)[C]([Zr]([CH3])([CH3])(=[SiH2])[CH]2C=C(c3ccccc3Cl)c3ccccc32)=C1C. The van der Waals surface area contributed by atoms with Crippen molar-refractivity contribution in [2.75, 3.05) is 0 Å². The van der Waals surface area contributed by atoms with E-state index in [9.17, 15) is 0 Å². The normalized spacial score (nSPS) is 22.3. The Bertz CT molecular complexity index is 1190. The van der Waals surface area contributed by atoms with Gasteiger partial charge in [0.05, 0.1) is 0 Å². The van der Waals surface area contributed by atoms with E-state index in [0.717, 1.165) is 10.6 Å². The third kappa shape index (κ3) is 3.18. The van der Waals surface area contributed by atoms with Crippen LogP contribution in [0.5, 0.6) is 0 Å². The fourth-order valence-corrected chi connectivity index (χ4v) is 24.6. The molecular formula is C26H31ClSiZr. The van der Waals surface area contributed by atoms with E-state index in [4.69, 9.17) is 11.6 Å². The van der Waals surface area contributed by atoms with Crippen LogP contribution in [0.15, 0.2) is 74.6 Å². The van der Waals surface area contributed by atoms with Gasteiger partial charge in [0.25, 0.3) is 0 Å². The van der Waals surface area contributed by atoms with Crippen molar-refractivity contribution in [1.82, 2.24) is 0 Å². The van der Waals surface area contributed by atoms with Crippen LogP contribution in [0, 0.1) is 5.92 Å². The quantitative estimate of drug-likeness (QED) is 0.387. The minimum atomic E-state index is -3.35. The van der Waals surface area contributed by atoms with Crippen molar-refractivity contribution in [2.45, 2.75) is 40.6 Å². The van der Waals surface area contributed by atoms with Crippen molar-refractivity contribution in [3.63, 3.8) is 0 Å². The van der Waals surface area contributed by atoms with Crippen LogP contribution in [0.4, 0.5) is 0 Å². The van der Waals surface area contributed by atoms with Gasteiger partial charge in [-0.25, -0.2) is 0 Å². The summed E-state index contributed by atoms with van der Waals surface area (Å²) in [6.45, 7) is 11.8. The summed E-state index contributed by atoms with van der Waals surface area (Å²) in [6, 6.07) is 17.3. The third-order valence-corrected chi connectivity index (χ3v) is 25.2. The van der Waals surface area contributed by atoms with Crippen molar-refractivity contribution in [2.24, 2.45) is 5.92 Å². The van der Waals surface area contributed by atoms with Gasteiger partial charge >= 0.3 is 184 Å². The maximum absolute atomic E-state index is 6.64. The number of hydrogen-bond acceptors (Lipinski definition) is 0. The third-order valence-electron chi connectivity index (χ3n) is 7.61. The molecule has 29 heavy (non-hydrogen) atoms. The Hall–Kier alpha value is -0.950. The molecule has 0 bridgehead atoms. The summed E-state index contributed by atoms with van der Waals surface area (Å²) in [7, 11) is 0. The fraction of sp³-hybridized carbons (Fsp3) is 0.308. The Morgan fingerprint density at radius 3 is 2.03 bits per heavy atom. The second-order valence-corrected chi connectivity index (χ2v) is 39.9. The minimum absolute atomic E-state index is 0.503. The first-order valence-electron chi connectivity index (χ1n) is 10.6. The second kappa shape index (κ2) is 7.04. The van der Waals surface area contributed by atoms with Crippen molar-refractivity contribution in [3.8, 4) is 0 Å². The number of hydrogen-bond donors (Lipinski definition) is 0. The topological polar surface area (TPSA) is 0 Å². The maximum atomic E-state index is 6.64. The molecule has 2 atom stereocenters. The Morgan fingerprint density at radius 1 is 0.862 bits per heavy atom. The van der Waals surface area contributed by atoms with E-state index in [1.807, 2.05) is 12.1 Å². The molecule has 2 aliphatic rings. The molecule has 0 fully saturated rings. The van der Waals surface area contributed by atoms with Crippen LogP contribution < -0.4 is 0 Å². The zero-order chi connectivity index (χ0) is 21.2. The molecule has 0 saturated carbocycles. The summed E-state index contributed by atoms with van der Waals surface area (Å²) in [5, 5.41) is 0.841. The fourth-order valence-electron chi connectivity index (χ4n) is 5.90. The summed E-state index contributed by atoms with van der Waals surface area (Å²) in [4.78, 5) is 0. The Kier molecular flexibility index (Phi) is 5.17. The second-order valence-electron chi connectivity index (χ2n) is 10.0. The summed E-state index contributed by atoms with van der Waals surface area (Å²) in [5.74, 6) is 0.568. The average molecular weight is 498 g/mol. The molecule has 2 aromatic rings. The van der Waals surface area contributed by atoms with Gasteiger partial charge in [-0.1, -0.05) is 0 Å². The number of rotatable bonds is 3. The summed E-state index contributed by atoms with van der Waals surface area (Å²) < 4.78 is 7.61. The van der Waals surface area contributed by atoms with E-state index in [2.05, 4.69) is 86.3 Å². The van der Waals surface area contributed by atoms with Crippen LogP contribution in [0.25, 0.3) is 5.57 Å². The number of benzene rings is 2. The van der Waals surface area contributed by atoms with Gasteiger partial charge in [0.2, 0.25) is 0 Å². The molecule has 2 aliphatic carbocycles. The Balaban J connectivity index is 1.96. The van der Waals surface area contributed by atoms with E-state index in [0.29, 0.717) is 9.54 Å². The average Bonchev–Trinajstić information content (AvgIpc) is 3.15. The van der Waals surface area contributed by atoms with Crippen molar-refractivity contribution in [3.05, 3.63) is 96.3 Å². The van der Waals surface area contributed by atoms with Gasteiger partial charge in [-0.2, -0.15) is 0 Å². The van der Waals surface area contributed by atoms with Gasteiger partial charge in [0, 0.05) is 0 Å². The van der Waals surface area contributed by atoms with E-state index in [1.165, 1.54) is 22.3 Å². The molecule has 0 amide bonds. The molecular weight excluding hydrogens is 467 g/mol. The van der Waals surface area contributed by atoms with Crippen LogP contribution >= 0.6 is 11.6 Å². The number of halogens is 1. The van der Waals surface area contributed by atoms with E-state index >= 15 is 0 Å². The number of fused-ring (bicyclic) bond motifs is 1. The van der Waals surface area contributed by atoms with Gasteiger partial charge in [-0.05, 0) is 0 Å². The molecule has 0 heterocycles. The first-order chi connectivity index (χ1) is 13.5. The molecule has 0 spiro atoms. The van der Waals surface area contributed by atoms with Gasteiger partial charge in [-0.3, -0.25) is 0 Å². The van der Waals surface area contributed by atoms with Crippen molar-refractivity contribution < 1.29 is 17.4 Å². The van der Waals surface area contributed by atoms with Gasteiger partial charge in [0.1, 0.15) is 0 Å². The Morgan fingerprint density at radius 2 is 1.45 bits per heavy atom. The number of allylic oxidation sites excluding steroid dienone is 5. The van der Waals surface area contributed by atoms with Crippen molar-refractivity contribution in [1.29, 1.82) is 0 Å². The summed E-state index contributed by atoms with van der Waals surface area (Å²) >= 11 is 3.29. The molecule has 0 saturated heterocycles. The van der Waals surface area contributed by atoms with Crippen molar-refractivity contribution >= 4 is 24.1 Å². The van der Waals surface area contributed by atoms with Crippen LogP contribution in [-0.2, 0) is 17.4 Å². The predicted octanol–water partition coefficient (Wildman–Crippen LogP) is 7.42. The monoisotopic (exact) mass is 496 g/mol. The molecule has 2 unspecified atom stereocenters. The molecule has 3 heteroatoms. The molecule has 0 nitrogen and oxygen atoms in total. The molecule has 0 N–H and O–H groups in total. The molecule has 0 aromatic heterocycles. The molecule has 4 rings (SSSR count). The summed E-state index contributed by atoms with van der Waals surface area (Å²) in [6.07, 6.45) is 2.57. The molecule has 150 valence electrons. The first kappa shape index (κ1) is 21.3. The Labute approximate surface area is 183 Å². The van der Waals surface area contributed by atoms with Crippen LogP contribution in [0.3, 0.4) is 0 Å². The predicted molar refractivity (Wildman–Crippen MR) is 128 cm³/mol. The van der Waals surface area contributed by atoms with Crippen LogP contribution in [0.1, 0.15) is 48.0 Å². The van der Waals surface area contributed by atoms with E-state index in [1.54, 1.807) is 14.4 Å². The molecule has 2 aromatic carbocycles. The van der Waals surface area contributed by atoms with Crippen LogP contribution in [0.2, 0.25) is 14.3 Å². The van der Waals surface area contributed by atoms with Crippen LogP contribution in [-0.4, -0.2) is 6.88 Å². The van der Waals surface area contributed by atoms with Gasteiger partial charge < -0.3 is 0 Å². The van der Waals surface area contributed by atoms with E-state index in [-0.39, 0.29) is 0 Å².